The molecule has 0 radical (unpaired) electrons. The van der Waals surface area contributed by atoms with Gasteiger partial charge < -0.3 is 15.0 Å². The second-order valence-electron chi connectivity index (χ2n) is 10.2. The number of nitrogens with one attached hydrogen (secondary N) is 1. The molecule has 3 aromatic carbocycles. The Morgan fingerprint density at radius 3 is 2.35 bits per heavy atom. The molecule has 6 nitrogen and oxygen atoms in total. The van der Waals surface area contributed by atoms with Crippen molar-refractivity contribution >= 4 is 28.5 Å². The van der Waals surface area contributed by atoms with Crippen LogP contribution in [0.2, 0.25) is 0 Å². The van der Waals surface area contributed by atoms with Crippen LogP contribution in [0, 0.1) is 0 Å². The number of ether oxygens (including phenoxy) is 1. The first-order valence-electron chi connectivity index (χ1n) is 11.9. The smallest absolute Gasteiger partial charge is 0.410 e. The molecule has 1 saturated heterocycles. The Morgan fingerprint density at radius 1 is 0.941 bits per heavy atom. The van der Waals surface area contributed by atoms with Crippen molar-refractivity contribution in [2.45, 2.75) is 39.3 Å². The maximum Gasteiger partial charge on any atom is 0.410 e. The van der Waals surface area contributed by atoms with Gasteiger partial charge >= 0.3 is 6.09 Å². The second-order valence-corrected chi connectivity index (χ2v) is 10.2. The summed E-state index contributed by atoms with van der Waals surface area (Å²) >= 11 is 0. The largest absolute Gasteiger partial charge is 0.444 e. The Balaban J connectivity index is 1.20. The maximum atomic E-state index is 12.3. The summed E-state index contributed by atoms with van der Waals surface area (Å²) in [6.45, 7) is 9.63. The van der Waals surface area contributed by atoms with Crippen molar-refractivity contribution in [3.8, 4) is 0 Å². The average Bonchev–Trinajstić information content (AvgIpc) is 3.13. The third kappa shape index (κ3) is 4.64. The van der Waals surface area contributed by atoms with Crippen LogP contribution in [0.3, 0.4) is 0 Å². The highest BCUT2D eigenvalue weighted by Gasteiger charge is 2.26. The monoisotopic (exact) mass is 457 g/mol. The quantitative estimate of drug-likeness (QED) is 0.596. The molecule has 2 aliphatic rings. The number of carbonyl (C=O) groups excluding carboxylic acids is 2. The lowest BCUT2D eigenvalue weighted by atomic mass is 9.95. The summed E-state index contributed by atoms with van der Waals surface area (Å²) in [5.74, 6) is -0.0194. The molecular formula is C28H31N3O3. The van der Waals surface area contributed by atoms with Gasteiger partial charge in [0.15, 0.2) is 0 Å². The molecule has 0 spiro atoms. The summed E-state index contributed by atoms with van der Waals surface area (Å²) in [6, 6.07) is 18.9. The maximum absolute atomic E-state index is 12.3. The van der Waals surface area contributed by atoms with Crippen molar-refractivity contribution in [2.24, 2.45) is 0 Å². The minimum atomic E-state index is -0.461. The molecule has 1 N–H and O–H groups in total. The van der Waals surface area contributed by atoms with E-state index in [9.17, 15) is 9.59 Å². The van der Waals surface area contributed by atoms with Crippen molar-refractivity contribution < 1.29 is 14.3 Å². The van der Waals surface area contributed by atoms with Crippen molar-refractivity contribution in [3.63, 3.8) is 0 Å². The minimum absolute atomic E-state index is 0.0194. The Kier molecular flexibility index (Phi) is 5.78. The highest BCUT2D eigenvalue weighted by Crippen LogP contribution is 2.35. The fourth-order valence-corrected chi connectivity index (χ4v) is 4.76. The van der Waals surface area contributed by atoms with Crippen molar-refractivity contribution in [1.29, 1.82) is 0 Å². The molecule has 0 atom stereocenters. The summed E-state index contributed by atoms with van der Waals surface area (Å²) < 4.78 is 5.49. The molecule has 0 aliphatic carbocycles. The van der Waals surface area contributed by atoms with Crippen LogP contribution in [-0.4, -0.2) is 53.6 Å². The zero-order valence-electron chi connectivity index (χ0n) is 20.1. The molecule has 2 amide bonds. The zero-order valence-corrected chi connectivity index (χ0v) is 20.1. The third-order valence-corrected chi connectivity index (χ3v) is 6.47. The standard InChI is InChI=1S/C28H31N3O3/c1-28(2,3)34-27(33)31-15-13-30(14-16-31)18-20-9-7-19(8-10-20)17-21-11-12-24-25-22(21)5-4-6-23(25)26(32)29-24/h4-12H,13-18H2,1-3H3,(H,29,32). The van der Waals surface area contributed by atoms with Gasteiger partial charge in [0.2, 0.25) is 0 Å². The van der Waals surface area contributed by atoms with Crippen LogP contribution in [0.5, 0.6) is 0 Å². The Labute approximate surface area is 200 Å². The van der Waals surface area contributed by atoms with Crippen molar-refractivity contribution in [3.05, 3.63) is 76.9 Å². The lowest BCUT2D eigenvalue weighted by Crippen LogP contribution is -2.49. The summed E-state index contributed by atoms with van der Waals surface area (Å²) in [7, 11) is 0. The fourth-order valence-electron chi connectivity index (χ4n) is 4.76. The van der Waals surface area contributed by atoms with Crippen molar-refractivity contribution in [1.82, 2.24) is 9.80 Å². The van der Waals surface area contributed by atoms with Gasteiger partial charge in [-0.25, -0.2) is 4.79 Å². The van der Waals surface area contributed by atoms with E-state index in [4.69, 9.17) is 4.74 Å². The van der Waals surface area contributed by atoms with Crippen LogP contribution in [-0.2, 0) is 17.7 Å². The first-order chi connectivity index (χ1) is 16.3. The second kappa shape index (κ2) is 8.76. The molecule has 1 fully saturated rings. The first kappa shape index (κ1) is 22.4. The van der Waals surface area contributed by atoms with Gasteiger partial charge in [-0.2, -0.15) is 0 Å². The Hall–Kier alpha value is -3.38. The molecule has 2 aliphatic heterocycles. The van der Waals surface area contributed by atoms with E-state index in [0.29, 0.717) is 13.1 Å². The van der Waals surface area contributed by atoms with Crippen LogP contribution in [0.1, 0.15) is 47.8 Å². The van der Waals surface area contributed by atoms with Gasteiger partial charge in [-0.15, -0.1) is 0 Å². The van der Waals surface area contributed by atoms with Crippen molar-refractivity contribution in [2.75, 3.05) is 31.5 Å². The van der Waals surface area contributed by atoms with Gasteiger partial charge in [-0.05, 0) is 61.4 Å². The van der Waals surface area contributed by atoms with E-state index in [1.165, 1.54) is 16.7 Å². The Bertz CT molecular complexity index is 1240. The van der Waals surface area contributed by atoms with Crippen LogP contribution in [0.4, 0.5) is 10.5 Å². The zero-order chi connectivity index (χ0) is 23.9. The number of benzene rings is 3. The summed E-state index contributed by atoms with van der Waals surface area (Å²) in [6.07, 6.45) is 0.600. The SMILES string of the molecule is CC(C)(C)OC(=O)N1CCN(Cc2ccc(Cc3ccc4c5c(cccc35)C(=O)N4)cc2)CC1. The summed E-state index contributed by atoms with van der Waals surface area (Å²) in [4.78, 5) is 28.6. The number of carbonyl (C=O) groups is 2. The van der Waals surface area contributed by atoms with Gasteiger partial charge in [-0.3, -0.25) is 9.69 Å². The first-order valence-corrected chi connectivity index (χ1v) is 11.9. The van der Waals surface area contributed by atoms with E-state index in [1.54, 1.807) is 4.90 Å². The van der Waals surface area contributed by atoms with E-state index in [0.717, 1.165) is 48.1 Å². The number of nitrogens with zero attached hydrogens (tertiary/aromatic N) is 2. The molecule has 2 heterocycles. The van der Waals surface area contributed by atoms with Gasteiger partial charge in [0.1, 0.15) is 5.60 Å². The van der Waals surface area contributed by atoms with E-state index in [1.807, 2.05) is 39.0 Å². The summed E-state index contributed by atoms with van der Waals surface area (Å²) in [5.41, 5.74) is 4.94. The number of hydrogen-bond donors (Lipinski definition) is 1. The predicted octanol–water partition coefficient (Wildman–Crippen LogP) is 5.05. The van der Waals surface area contributed by atoms with E-state index in [-0.39, 0.29) is 12.0 Å². The van der Waals surface area contributed by atoms with E-state index < -0.39 is 5.60 Å². The predicted molar refractivity (Wildman–Crippen MR) is 134 cm³/mol. The Morgan fingerprint density at radius 2 is 1.65 bits per heavy atom. The topological polar surface area (TPSA) is 61.9 Å². The van der Waals surface area contributed by atoms with Gasteiger partial charge in [0.05, 0.1) is 0 Å². The van der Waals surface area contributed by atoms with E-state index in [2.05, 4.69) is 46.6 Å². The van der Waals surface area contributed by atoms with Gasteiger partial charge in [0, 0.05) is 49.4 Å². The number of amides is 2. The van der Waals surface area contributed by atoms with Crippen LogP contribution in [0.15, 0.2) is 54.6 Å². The highest BCUT2D eigenvalue weighted by molar-refractivity contribution is 6.24. The van der Waals surface area contributed by atoms with Crippen LogP contribution < -0.4 is 5.32 Å². The minimum Gasteiger partial charge on any atom is -0.444 e. The van der Waals surface area contributed by atoms with Crippen LogP contribution >= 0.6 is 0 Å². The third-order valence-electron chi connectivity index (χ3n) is 6.47. The highest BCUT2D eigenvalue weighted by atomic mass is 16.6. The molecule has 0 aromatic heterocycles. The number of rotatable bonds is 4. The lowest BCUT2D eigenvalue weighted by Gasteiger charge is -2.35. The molecule has 34 heavy (non-hydrogen) atoms. The lowest BCUT2D eigenvalue weighted by molar-refractivity contribution is 0.0139. The molecule has 0 saturated carbocycles. The van der Waals surface area contributed by atoms with Crippen LogP contribution in [0.25, 0.3) is 10.8 Å². The normalized spacial score (nSPS) is 16.1. The average molecular weight is 458 g/mol. The van der Waals surface area contributed by atoms with Gasteiger partial charge in [-0.1, -0.05) is 42.5 Å². The molecule has 0 bridgehead atoms. The van der Waals surface area contributed by atoms with Gasteiger partial charge in [0.25, 0.3) is 5.91 Å². The molecular weight excluding hydrogens is 426 g/mol. The molecule has 176 valence electrons. The number of piperazine rings is 1. The molecule has 6 heteroatoms. The number of anilines is 1. The molecule has 5 rings (SSSR count). The molecule has 3 aromatic rings. The summed E-state index contributed by atoms with van der Waals surface area (Å²) in [5, 5.41) is 5.13. The fraction of sp³-hybridized carbons (Fsp3) is 0.357. The van der Waals surface area contributed by atoms with E-state index >= 15 is 0 Å². The molecule has 0 unspecified atom stereocenters. The number of hydrogen-bond acceptors (Lipinski definition) is 4.